The van der Waals surface area contributed by atoms with Gasteiger partial charge in [0.05, 0.1) is 11.6 Å². The van der Waals surface area contributed by atoms with Crippen molar-refractivity contribution in [3.63, 3.8) is 0 Å². The monoisotopic (exact) mass is 274 g/mol. The van der Waals surface area contributed by atoms with E-state index in [0.717, 1.165) is 31.0 Å². The molecule has 0 radical (unpaired) electrons. The Kier molecular flexibility index (Phi) is 3.80. The quantitative estimate of drug-likeness (QED) is 0.850. The molecule has 1 atom stereocenters. The highest BCUT2D eigenvalue weighted by Crippen LogP contribution is 2.38. The number of rotatable bonds is 5. The Morgan fingerprint density at radius 1 is 1.42 bits per heavy atom. The lowest BCUT2D eigenvalue weighted by Gasteiger charge is -2.04. The van der Waals surface area contributed by atoms with Crippen LogP contribution in [-0.4, -0.2) is 18.1 Å². The normalized spacial score (nSPS) is 17.2. The van der Waals surface area contributed by atoms with Gasteiger partial charge in [-0.15, -0.1) is 11.3 Å². The molecule has 3 nitrogen and oxygen atoms in total. The topological polar surface area (TPSA) is 34.1 Å². The van der Waals surface area contributed by atoms with Crippen molar-refractivity contribution in [3.8, 4) is 5.75 Å². The Hall–Kier alpha value is -1.39. The van der Waals surface area contributed by atoms with Gasteiger partial charge in [-0.05, 0) is 19.0 Å². The summed E-state index contributed by atoms with van der Waals surface area (Å²) in [4.78, 5) is 4.74. The highest BCUT2D eigenvalue weighted by molar-refractivity contribution is 7.09. The van der Waals surface area contributed by atoms with Crippen molar-refractivity contribution in [1.29, 1.82) is 0 Å². The third-order valence-corrected chi connectivity index (χ3v) is 4.31. The fourth-order valence-corrected chi connectivity index (χ4v) is 3.25. The van der Waals surface area contributed by atoms with Gasteiger partial charge < -0.3 is 10.1 Å². The smallest absolute Gasteiger partial charge is 0.123 e. The van der Waals surface area contributed by atoms with Crippen LogP contribution in [0.3, 0.4) is 0 Å². The van der Waals surface area contributed by atoms with Crippen LogP contribution in [0.1, 0.15) is 35.5 Å². The number of hydrogen-bond acceptors (Lipinski definition) is 4. The van der Waals surface area contributed by atoms with Crippen molar-refractivity contribution in [3.05, 3.63) is 45.9 Å². The zero-order valence-electron chi connectivity index (χ0n) is 11.1. The second kappa shape index (κ2) is 5.72. The van der Waals surface area contributed by atoms with Gasteiger partial charge in [-0.25, -0.2) is 4.98 Å². The molecule has 1 aromatic heterocycles. The van der Waals surface area contributed by atoms with E-state index in [-0.39, 0.29) is 0 Å². The Morgan fingerprint density at radius 2 is 2.32 bits per heavy atom. The number of nitrogens with zero attached hydrogens (tertiary/aromatic N) is 1. The summed E-state index contributed by atoms with van der Waals surface area (Å²) in [5.41, 5.74) is 2.41. The van der Waals surface area contributed by atoms with E-state index in [1.165, 1.54) is 10.6 Å². The molecule has 1 aromatic carbocycles. The lowest BCUT2D eigenvalue weighted by Crippen LogP contribution is -2.14. The first-order valence-electron chi connectivity index (χ1n) is 6.75. The van der Waals surface area contributed by atoms with Gasteiger partial charge in [0.15, 0.2) is 0 Å². The van der Waals surface area contributed by atoms with Crippen LogP contribution in [-0.2, 0) is 6.54 Å². The second-order valence-corrected chi connectivity index (χ2v) is 5.64. The Balaban J connectivity index is 1.74. The number of aromatic nitrogens is 1. The highest BCUT2D eigenvalue weighted by Gasteiger charge is 2.27. The molecule has 100 valence electrons. The summed E-state index contributed by atoms with van der Waals surface area (Å²) < 4.78 is 5.72. The lowest BCUT2D eigenvalue weighted by atomic mass is 10.0. The Morgan fingerprint density at radius 3 is 3.21 bits per heavy atom. The minimum absolute atomic E-state index is 0.307. The second-order valence-electron chi connectivity index (χ2n) is 4.76. The van der Waals surface area contributed by atoms with Crippen LogP contribution in [0.2, 0.25) is 0 Å². The van der Waals surface area contributed by atoms with E-state index < -0.39 is 0 Å². The molecule has 4 heteroatoms. The van der Waals surface area contributed by atoms with Gasteiger partial charge in [0.2, 0.25) is 0 Å². The highest BCUT2D eigenvalue weighted by atomic mass is 32.1. The molecule has 1 aliphatic rings. The zero-order valence-corrected chi connectivity index (χ0v) is 11.9. The first kappa shape index (κ1) is 12.6. The number of fused-ring (bicyclic) bond motifs is 1. The Labute approximate surface area is 117 Å². The van der Waals surface area contributed by atoms with Crippen molar-refractivity contribution >= 4 is 11.3 Å². The third-order valence-electron chi connectivity index (χ3n) is 3.30. The third kappa shape index (κ3) is 2.65. The number of para-hydroxylation sites is 1. The van der Waals surface area contributed by atoms with Crippen LogP contribution in [0.4, 0.5) is 0 Å². The van der Waals surface area contributed by atoms with Crippen LogP contribution >= 0.6 is 11.3 Å². The van der Waals surface area contributed by atoms with E-state index in [1.54, 1.807) is 11.3 Å². The largest absolute Gasteiger partial charge is 0.492 e. The maximum atomic E-state index is 5.72. The molecule has 1 N–H and O–H groups in total. The van der Waals surface area contributed by atoms with Crippen LogP contribution in [0.25, 0.3) is 0 Å². The molecule has 0 bridgehead atoms. The standard InChI is InChI=1S/C15H18N2OS/c1-2-7-16-8-11-10-19-15(17-11)13-9-18-14-6-4-3-5-12(13)14/h3-6,10,13,16H,2,7-9H2,1H3. The fraction of sp³-hybridized carbons (Fsp3) is 0.400. The van der Waals surface area contributed by atoms with Gasteiger partial charge in [0.1, 0.15) is 17.4 Å². The zero-order chi connectivity index (χ0) is 13.1. The van der Waals surface area contributed by atoms with Gasteiger partial charge in [0, 0.05) is 17.5 Å². The van der Waals surface area contributed by atoms with E-state index in [4.69, 9.17) is 9.72 Å². The van der Waals surface area contributed by atoms with E-state index in [2.05, 4.69) is 29.8 Å². The molecule has 0 spiro atoms. The molecular weight excluding hydrogens is 256 g/mol. The molecule has 0 saturated carbocycles. The molecule has 1 aliphatic heterocycles. The van der Waals surface area contributed by atoms with Gasteiger partial charge in [-0.1, -0.05) is 25.1 Å². The van der Waals surface area contributed by atoms with Crippen LogP contribution in [0.5, 0.6) is 5.75 Å². The molecule has 0 aliphatic carbocycles. The van der Waals surface area contributed by atoms with Gasteiger partial charge in [0.25, 0.3) is 0 Å². The summed E-state index contributed by atoms with van der Waals surface area (Å²) in [7, 11) is 0. The molecule has 0 saturated heterocycles. The van der Waals surface area contributed by atoms with Gasteiger partial charge in [-0.2, -0.15) is 0 Å². The first-order chi connectivity index (χ1) is 9.38. The SMILES string of the molecule is CCCNCc1csc(C2COc3ccccc32)n1. The molecular formula is C15H18N2OS. The summed E-state index contributed by atoms with van der Waals surface area (Å²) in [5.74, 6) is 1.31. The molecule has 0 amide bonds. The van der Waals surface area contributed by atoms with Crippen LogP contribution < -0.4 is 10.1 Å². The molecule has 3 rings (SSSR count). The van der Waals surface area contributed by atoms with Crippen molar-refractivity contribution in [1.82, 2.24) is 10.3 Å². The van der Waals surface area contributed by atoms with E-state index >= 15 is 0 Å². The number of benzene rings is 1. The predicted molar refractivity (Wildman–Crippen MR) is 77.9 cm³/mol. The van der Waals surface area contributed by atoms with Crippen molar-refractivity contribution in [2.75, 3.05) is 13.2 Å². The van der Waals surface area contributed by atoms with Crippen LogP contribution in [0.15, 0.2) is 29.6 Å². The fourth-order valence-electron chi connectivity index (χ4n) is 2.32. The Bertz CT molecular complexity index is 553. The number of ether oxygens (including phenoxy) is 1. The summed E-state index contributed by atoms with van der Waals surface area (Å²) in [6.45, 7) is 4.79. The molecule has 1 unspecified atom stereocenters. The maximum Gasteiger partial charge on any atom is 0.123 e. The molecule has 2 heterocycles. The average Bonchev–Trinajstić information content (AvgIpc) is 3.05. The number of nitrogens with one attached hydrogen (secondary N) is 1. The minimum Gasteiger partial charge on any atom is -0.492 e. The van der Waals surface area contributed by atoms with Gasteiger partial charge >= 0.3 is 0 Å². The summed E-state index contributed by atoms with van der Waals surface area (Å²) in [6.07, 6.45) is 1.15. The van der Waals surface area contributed by atoms with Gasteiger partial charge in [-0.3, -0.25) is 0 Å². The predicted octanol–water partition coefficient (Wildman–Crippen LogP) is 3.17. The lowest BCUT2D eigenvalue weighted by molar-refractivity contribution is 0.343. The summed E-state index contributed by atoms with van der Waals surface area (Å²) in [5, 5.41) is 6.70. The van der Waals surface area contributed by atoms with Crippen molar-refractivity contribution in [2.45, 2.75) is 25.8 Å². The average molecular weight is 274 g/mol. The minimum atomic E-state index is 0.307. The van der Waals surface area contributed by atoms with Crippen LogP contribution in [0, 0.1) is 0 Å². The summed E-state index contributed by atoms with van der Waals surface area (Å²) >= 11 is 1.74. The van der Waals surface area contributed by atoms with E-state index in [9.17, 15) is 0 Å². The van der Waals surface area contributed by atoms with E-state index in [0.29, 0.717) is 12.5 Å². The maximum absolute atomic E-state index is 5.72. The summed E-state index contributed by atoms with van der Waals surface area (Å²) in [6, 6.07) is 8.26. The molecule has 19 heavy (non-hydrogen) atoms. The number of thiazole rings is 1. The molecule has 2 aromatic rings. The van der Waals surface area contributed by atoms with Crippen molar-refractivity contribution < 1.29 is 4.74 Å². The van der Waals surface area contributed by atoms with Crippen molar-refractivity contribution in [2.24, 2.45) is 0 Å². The van der Waals surface area contributed by atoms with E-state index in [1.807, 2.05) is 12.1 Å². The first-order valence-corrected chi connectivity index (χ1v) is 7.63. The number of hydrogen-bond donors (Lipinski definition) is 1. The molecule has 0 fully saturated rings.